The molecule has 66 valence electrons. The highest BCUT2D eigenvalue weighted by Crippen LogP contribution is 2.33. The third-order valence-electron chi connectivity index (χ3n) is 2.55. The van der Waals surface area contributed by atoms with E-state index < -0.39 is 0 Å². The molecule has 2 rings (SSSR count). The van der Waals surface area contributed by atoms with Crippen molar-refractivity contribution < 1.29 is 0 Å². The van der Waals surface area contributed by atoms with Crippen LogP contribution in [-0.4, -0.2) is 13.1 Å². The number of hydrogen-bond acceptors (Lipinski definition) is 2. The SMILES string of the molecule is CNC1CCc2c(csc2Cl)C1. The molecule has 1 aliphatic rings. The van der Waals surface area contributed by atoms with Gasteiger partial charge in [-0.05, 0) is 42.8 Å². The first-order chi connectivity index (χ1) is 5.81. The van der Waals surface area contributed by atoms with Crippen LogP contribution in [-0.2, 0) is 12.8 Å². The second-order valence-electron chi connectivity index (χ2n) is 3.24. The van der Waals surface area contributed by atoms with E-state index in [2.05, 4.69) is 10.7 Å². The predicted octanol–water partition coefficient (Wildman–Crippen LogP) is 2.48. The van der Waals surface area contributed by atoms with E-state index in [1.165, 1.54) is 17.5 Å². The first-order valence-corrected chi connectivity index (χ1v) is 5.49. The van der Waals surface area contributed by atoms with Gasteiger partial charge in [-0.1, -0.05) is 11.6 Å². The van der Waals surface area contributed by atoms with Gasteiger partial charge >= 0.3 is 0 Å². The normalized spacial score (nSPS) is 22.3. The van der Waals surface area contributed by atoms with Crippen LogP contribution >= 0.6 is 22.9 Å². The lowest BCUT2D eigenvalue weighted by Crippen LogP contribution is -2.30. The number of thiophene rings is 1. The van der Waals surface area contributed by atoms with Gasteiger partial charge in [-0.3, -0.25) is 0 Å². The van der Waals surface area contributed by atoms with E-state index in [1.54, 1.807) is 11.3 Å². The summed E-state index contributed by atoms with van der Waals surface area (Å²) in [5, 5.41) is 5.51. The average molecular weight is 202 g/mol. The van der Waals surface area contributed by atoms with Crippen molar-refractivity contribution >= 4 is 22.9 Å². The molecule has 12 heavy (non-hydrogen) atoms. The highest BCUT2D eigenvalue weighted by Gasteiger charge is 2.20. The van der Waals surface area contributed by atoms with Crippen molar-refractivity contribution in [2.45, 2.75) is 25.3 Å². The van der Waals surface area contributed by atoms with E-state index >= 15 is 0 Å². The maximum Gasteiger partial charge on any atom is 0.0963 e. The van der Waals surface area contributed by atoms with Gasteiger partial charge in [-0.15, -0.1) is 11.3 Å². The van der Waals surface area contributed by atoms with E-state index in [0.29, 0.717) is 6.04 Å². The van der Waals surface area contributed by atoms with Gasteiger partial charge in [0.2, 0.25) is 0 Å². The summed E-state index contributed by atoms with van der Waals surface area (Å²) in [6, 6.07) is 0.656. The molecule has 0 saturated carbocycles. The van der Waals surface area contributed by atoms with E-state index in [9.17, 15) is 0 Å². The smallest absolute Gasteiger partial charge is 0.0963 e. The third-order valence-corrected chi connectivity index (χ3v) is 3.90. The molecule has 0 amide bonds. The quantitative estimate of drug-likeness (QED) is 0.736. The average Bonchev–Trinajstić information content (AvgIpc) is 2.47. The van der Waals surface area contributed by atoms with E-state index in [4.69, 9.17) is 11.6 Å². The molecule has 0 bridgehead atoms. The van der Waals surface area contributed by atoms with Crippen LogP contribution in [0.2, 0.25) is 4.34 Å². The van der Waals surface area contributed by atoms with E-state index in [1.807, 2.05) is 7.05 Å². The lowest BCUT2D eigenvalue weighted by molar-refractivity contribution is 0.498. The number of hydrogen-bond donors (Lipinski definition) is 1. The minimum Gasteiger partial charge on any atom is -0.317 e. The Bertz CT molecular complexity index is 282. The van der Waals surface area contributed by atoms with Crippen molar-refractivity contribution in [1.29, 1.82) is 0 Å². The molecule has 1 aromatic heterocycles. The fourth-order valence-corrected chi connectivity index (χ4v) is 2.96. The zero-order valence-corrected chi connectivity index (χ0v) is 8.63. The molecule has 0 aromatic carbocycles. The summed E-state index contributed by atoms with van der Waals surface area (Å²) in [6.45, 7) is 0. The summed E-state index contributed by atoms with van der Waals surface area (Å²) in [6.07, 6.45) is 3.51. The fraction of sp³-hybridized carbons (Fsp3) is 0.556. The largest absolute Gasteiger partial charge is 0.317 e. The second kappa shape index (κ2) is 3.36. The Labute approximate surface area is 81.7 Å². The number of nitrogens with one attached hydrogen (secondary N) is 1. The Morgan fingerprint density at radius 2 is 2.50 bits per heavy atom. The second-order valence-corrected chi connectivity index (χ2v) is 4.72. The third kappa shape index (κ3) is 1.39. The van der Waals surface area contributed by atoms with Crippen molar-refractivity contribution in [3.63, 3.8) is 0 Å². The van der Waals surface area contributed by atoms with Crippen LogP contribution in [0.15, 0.2) is 5.38 Å². The summed E-state index contributed by atoms with van der Waals surface area (Å²) < 4.78 is 1.000. The summed E-state index contributed by atoms with van der Waals surface area (Å²) >= 11 is 7.72. The molecule has 1 unspecified atom stereocenters. The molecule has 1 nitrogen and oxygen atoms in total. The van der Waals surface area contributed by atoms with Gasteiger partial charge in [0.15, 0.2) is 0 Å². The Kier molecular flexibility index (Phi) is 2.40. The van der Waals surface area contributed by atoms with Gasteiger partial charge in [0, 0.05) is 6.04 Å². The molecule has 0 fully saturated rings. The summed E-state index contributed by atoms with van der Waals surface area (Å²) in [7, 11) is 2.03. The first-order valence-electron chi connectivity index (χ1n) is 4.23. The Morgan fingerprint density at radius 3 is 3.25 bits per heavy atom. The molecule has 0 saturated heterocycles. The molecular weight excluding hydrogens is 190 g/mol. The van der Waals surface area contributed by atoms with Gasteiger partial charge in [0.1, 0.15) is 0 Å². The van der Waals surface area contributed by atoms with Crippen LogP contribution < -0.4 is 5.32 Å². The zero-order chi connectivity index (χ0) is 8.55. The summed E-state index contributed by atoms with van der Waals surface area (Å²) in [5.74, 6) is 0. The van der Waals surface area contributed by atoms with Gasteiger partial charge < -0.3 is 5.32 Å². The van der Waals surface area contributed by atoms with Crippen LogP contribution in [0.3, 0.4) is 0 Å². The number of fused-ring (bicyclic) bond motifs is 1. The fourth-order valence-electron chi connectivity index (χ4n) is 1.75. The Morgan fingerprint density at radius 1 is 1.67 bits per heavy atom. The Balaban J connectivity index is 2.24. The number of rotatable bonds is 1. The molecule has 1 heterocycles. The molecule has 1 atom stereocenters. The molecule has 0 spiro atoms. The standard InChI is InChI=1S/C9H12ClNS/c1-11-7-2-3-8-6(4-7)5-12-9(8)10/h5,7,11H,2-4H2,1H3. The molecule has 1 aliphatic carbocycles. The van der Waals surface area contributed by atoms with Crippen molar-refractivity contribution in [3.8, 4) is 0 Å². The minimum atomic E-state index is 0.656. The van der Waals surface area contributed by atoms with Crippen molar-refractivity contribution in [2.75, 3.05) is 7.05 Å². The maximum atomic E-state index is 6.05. The van der Waals surface area contributed by atoms with Crippen LogP contribution in [0.25, 0.3) is 0 Å². The summed E-state index contributed by atoms with van der Waals surface area (Å²) in [5.41, 5.74) is 2.85. The van der Waals surface area contributed by atoms with Gasteiger partial charge in [0.05, 0.1) is 4.34 Å². The van der Waals surface area contributed by atoms with E-state index in [0.717, 1.165) is 17.2 Å². The topological polar surface area (TPSA) is 12.0 Å². The van der Waals surface area contributed by atoms with Gasteiger partial charge in [-0.2, -0.15) is 0 Å². The summed E-state index contributed by atoms with van der Waals surface area (Å²) in [4.78, 5) is 0. The molecule has 0 aliphatic heterocycles. The highest BCUT2D eigenvalue weighted by atomic mass is 35.5. The lowest BCUT2D eigenvalue weighted by atomic mass is 9.92. The Hall–Kier alpha value is -0.0500. The lowest BCUT2D eigenvalue weighted by Gasteiger charge is -2.21. The van der Waals surface area contributed by atoms with Crippen LogP contribution in [0, 0.1) is 0 Å². The maximum absolute atomic E-state index is 6.05. The van der Waals surface area contributed by atoms with Gasteiger partial charge in [-0.25, -0.2) is 0 Å². The minimum absolute atomic E-state index is 0.656. The predicted molar refractivity (Wildman–Crippen MR) is 54.2 cm³/mol. The first kappa shape index (κ1) is 8.54. The monoisotopic (exact) mass is 201 g/mol. The van der Waals surface area contributed by atoms with Crippen LogP contribution in [0.5, 0.6) is 0 Å². The van der Waals surface area contributed by atoms with Crippen molar-refractivity contribution in [1.82, 2.24) is 5.32 Å². The molecule has 0 radical (unpaired) electrons. The molecular formula is C9H12ClNS. The molecule has 1 N–H and O–H groups in total. The van der Waals surface area contributed by atoms with Gasteiger partial charge in [0.25, 0.3) is 0 Å². The van der Waals surface area contributed by atoms with Crippen molar-refractivity contribution in [2.24, 2.45) is 0 Å². The number of halogens is 1. The van der Waals surface area contributed by atoms with Crippen LogP contribution in [0.4, 0.5) is 0 Å². The van der Waals surface area contributed by atoms with E-state index in [-0.39, 0.29) is 0 Å². The zero-order valence-electron chi connectivity index (χ0n) is 7.06. The van der Waals surface area contributed by atoms with Crippen molar-refractivity contribution in [3.05, 3.63) is 20.8 Å². The molecule has 3 heteroatoms. The highest BCUT2D eigenvalue weighted by molar-refractivity contribution is 7.14. The molecule has 1 aromatic rings. The van der Waals surface area contributed by atoms with Crippen LogP contribution in [0.1, 0.15) is 17.5 Å². The number of likely N-dealkylation sites (N-methyl/N-ethyl adjacent to an activating group) is 1.